The van der Waals surface area contributed by atoms with Crippen molar-refractivity contribution in [3.05, 3.63) is 75.3 Å². The van der Waals surface area contributed by atoms with Gasteiger partial charge in [-0.15, -0.1) is 11.3 Å². The van der Waals surface area contributed by atoms with Crippen molar-refractivity contribution >= 4 is 27.2 Å². The summed E-state index contributed by atoms with van der Waals surface area (Å²) in [6, 6.07) is 15.9. The predicted molar refractivity (Wildman–Crippen MR) is 112 cm³/mol. The molecular formula is C22H23N4OS+. The Hall–Kier alpha value is -2.57. The molecule has 6 heteroatoms. The van der Waals surface area contributed by atoms with Crippen LogP contribution in [0.25, 0.3) is 15.9 Å². The van der Waals surface area contributed by atoms with Crippen LogP contribution in [-0.4, -0.2) is 27.5 Å². The molecule has 1 fully saturated rings. The lowest BCUT2D eigenvalue weighted by Crippen LogP contribution is -3.11. The summed E-state index contributed by atoms with van der Waals surface area (Å²) >= 11 is 1.84. The Morgan fingerprint density at radius 3 is 2.75 bits per heavy atom. The summed E-state index contributed by atoms with van der Waals surface area (Å²) in [5.74, 6) is 0.555. The van der Waals surface area contributed by atoms with Gasteiger partial charge in [-0.1, -0.05) is 18.2 Å². The van der Waals surface area contributed by atoms with Gasteiger partial charge >= 0.3 is 0 Å². The van der Waals surface area contributed by atoms with Gasteiger partial charge in [0.1, 0.15) is 17.9 Å². The van der Waals surface area contributed by atoms with Crippen LogP contribution in [0.5, 0.6) is 0 Å². The van der Waals surface area contributed by atoms with Gasteiger partial charge in [-0.2, -0.15) is 0 Å². The van der Waals surface area contributed by atoms with Gasteiger partial charge in [-0.05, 0) is 31.2 Å². The first-order valence-electron chi connectivity index (χ1n) is 9.85. The van der Waals surface area contributed by atoms with E-state index in [1.54, 1.807) is 10.5 Å². The number of thiazole rings is 1. The molecule has 3 aromatic heterocycles. The second kappa shape index (κ2) is 7.11. The summed E-state index contributed by atoms with van der Waals surface area (Å²) in [5.41, 5.74) is 3.69. The lowest BCUT2D eigenvalue weighted by atomic mass is 9.97. The smallest absolute Gasteiger partial charge is 0.258 e. The molecule has 1 aromatic carbocycles. The second-order valence-corrected chi connectivity index (χ2v) is 8.73. The van der Waals surface area contributed by atoms with E-state index in [9.17, 15) is 4.79 Å². The molecule has 4 aromatic rings. The number of likely N-dealkylation sites (tertiary alicyclic amines) is 1. The quantitative estimate of drug-likeness (QED) is 0.584. The van der Waals surface area contributed by atoms with E-state index >= 15 is 0 Å². The normalized spacial score (nSPS) is 20.0. The minimum absolute atomic E-state index is 0.0156. The van der Waals surface area contributed by atoms with Gasteiger partial charge in [-0.25, -0.2) is 9.97 Å². The van der Waals surface area contributed by atoms with Gasteiger partial charge in [0, 0.05) is 30.5 Å². The standard InChI is InChI=1S/C22H22N4OS/c1-15-5-4-8-20-23-17(13-21(27)26(15)20)14-25-11-9-16(10-12-25)22-24-18-6-2-3-7-19(18)28-22/h2-8,13,16H,9-12,14H2,1H3/p+1. The third-order valence-corrected chi connectivity index (χ3v) is 6.92. The van der Waals surface area contributed by atoms with E-state index in [0.717, 1.165) is 55.0 Å². The number of quaternary nitrogens is 1. The van der Waals surface area contributed by atoms with Crippen LogP contribution in [-0.2, 0) is 6.54 Å². The number of fused-ring (bicyclic) bond motifs is 2. The van der Waals surface area contributed by atoms with Crippen molar-refractivity contribution in [2.24, 2.45) is 0 Å². The summed E-state index contributed by atoms with van der Waals surface area (Å²) in [6.07, 6.45) is 2.28. The number of para-hydroxylation sites is 1. The summed E-state index contributed by atoms with van der Waals surface area (Å²) < 4.78 is 2.96. The number of nitrogens with one attached hydrogen (secondary N) is 1. The van der Waals surface area contributed by atoms with Gasteiger partial charge in [0.15, 0.2) is 0 Å². The van der Waals surface area contributed by atoms with Crippen molar-refractivity contribution in [3.63, 3.8) is 0 Å². The Bertz CT molecular complexity index is 1170. The minimum Gasteiger partial charge on any atom is -0.330 e. The minimum atomic E-state index is 0.0156. The van der Waals surface area contributed by atoms with Crippen LogP contribution < -0.4 is 10.5 Å². The van der Waals surface area contributed by atoms with E-state index in [1.807, 2.05) is 36.5 Å². The monoisotopic (exact) mass is 391 g/mol. The molecule has 0 aliphatic carbocycles. The van der Waals surface area contributed by atoms with Gasteiger partial charge in [-0.3, -0.25) is 9.20 Å². The zero-order valence-electron chi connectivity index (χ0n) is 15.9. The van der Waals surface area contributed by atoms with E-state index in [-0.39, 0.29) is 5.56 Å². The lowest BCUT2D eigenvalue weighted by molar-refractivity contribution is -0.919. The van der Waals surface area contributed by atoms with Gasteiger partial charge in [0.25, 0.3) is 5.56 Å². The van der Waals surface area contributed by atoms with Gasteiger partial charge in [0.05, 0.1) is 28.3 Å². The number of hydrogen-bond donors (Lipinski definition) is 1. The number of rotatable bonds is 3. The maximum Gasteiger partial charge on any atom is 0.258 e. The van der Waals surface area contributed by atoms with Crippen LogP contribution >= 0.6 is 11.3 Å². The third-order valence-electron chi connectivity index (χ3n) is 5.72. The van der Waals surface area contributed by atoms with E-state index < -0.39 is 0 Å². The van der Waals surface area contributed by atoms with Crippen molar-refractivity contribution < 1.29 is 4.90 Å². The van der Waals surface area contributed by atoms with Crippen LogP contribution in [0, 0.1) is 6.92 Å². The molecule has 142 valence electrons. The molecule has 0 unspecified atom stereocenters. The molecule has 0 radical (unpaired) electrons. The molecule has 1 aliphatic heterocycles. The Morgan fingerprint density at radius 2 is 1.93 bits per heavy atom. The molecule has 1 N–H and O–H groups in total. The van der Waals surface area contributed by atoms with E-state index in [0.29, 0.717) is 5.92 Å². The average Bonchev–Trinajstić information content (AvgIpc) is 3.12. The van der Waals surface area contributed by atoms with Crippen LogP contribution in [0.4, 0.5) is 0 Å². The maximum absolute atomic E-state index is 12.5. The topological polar surface area (TPSA) is 51.7 Å². The molecule has 1 saturated heterocycles. The first kappa shape index (κ1) is 17.5. The number of hydrogen-bond acceptors (Lipinski definition) is 4. The maximum atomic E-state index is 12.5. The molecule has 5 nitrogen and oxygen atoms in total. The molecule has 0 spiro atoms. The van der Waals surface area contributed by atoms with Crippen molar-refractivity contribution in [2.75, 3.05) is 13.1 Å². The zero-order chi connectivity index (χ0) is 19.1. The number of aryl methyl sites for hydroxylation is 1. The van der Waals surface area contributed by atoms with Crippen LogP contribution in [0.1, 0.15) is 35.2 Å². The molecule has 5 rings (SSSR count). The molecule has 28 heavy (non-hydrogen) atoms. The van der Waals surface area contributed by atoms with Crippen LogP contribution in [0.3, 0.4) is 0 Å². The molecule has 1 aliphatic rings. The predicted octanol–water partition coefficient (Wildman–Crippen LogP) is 2.58. The molecule has 0 saturated carbocycles. The summed E-state index contributed by atoms with van der Waals surface area (Å²) in [6.45, 7) is 4.94. The average molecular weight is 392 g/mol. The highest BCUT2D eigenvalue weighted by molar-refractivity contribution is 7.18. The number of benzene rings is 1. The fraction of sp³-hybridized carbons (Fsp3) is 0.318. The molecule has 0 atom stereocenters. The van der Waals surface area contributed by atoms with Gasteiger partial charge in [0.2, 0.25) is 0 Å². The fourth-order valence-electron chi connectivity index (χ4n) is 4.22. The van der Waals surface area contributed by atoms with E-state index in [1.165, 1.54) is 14.6 Å². The Balaban J connectivity index is 1.30. The van der Waals surface area contributed by atoms with Crippen LogP contribution in [0.2, 0.25) is 0 Å². The lowest BCUT2D eigenvalue weighted by Gasteiger charge is -2.28. The zero-order valence-corrected chi connectivity index (χ0v) is 16.7. The Kier molecular flexibility index (Phi) is 4.45. The van der Waals surface area contributed by atoms with Gasteiger partial charge < -0.3 is 4.90 Å². The van der Waals surface area contributed by atoms with Crippen molar-refractivity contribution in [2.45, 2.75) is 32.2 Å². The number of pyridine rings is 1. The third kappa shape index (κ3) is 3.23. The molecule has 0 bridgehead atoms. The molecular weight excluding hydrogens is 368 g/mol. The molecule has 0 amide bonds. The fourth-order valence-corrected chi connectivity index (χ4v) is 5.36. The van der Waals surface area contributed by atoms with E-state index in [4.69, 9.17) is 9.97 Å². The number of piperidine rings is 1. The number of nitrogens with zero attached hydrogens (tertiary/aromatic N) is 3. The van der Waals surface area contributed by atoms with Crippen molar-refractivity contribution in [1.29, 1.82) is 0 Å². The SMILES string of the molecule is Cc1cccc2nc(C[NH+]3CCC(c4nc5ccccc5s4)CC3)cc(=O)n12. The largest absolute Gasteiger partial charge is 0.330 e. The Morgan fingerprint density at radius 1 is 1.11 bits per heavy atom. The van der Waals surface area contributed by atoms with Crippen LogP contribution in [0.15, 0.2) is 53.3 Å². The number of aromatic nitrogens is 3. The Labute approximate surface area is 167 Å². The summed E-state index contributed by atoms with van der Waals surface area (Å²) in [4.78, 5) is 23.6. The first-order valence-corrected chi connectivity index (χ1v) is 10.7. The van der Waals surface area contributed by atoms with Crippen molar-refractivity contribution in [3.8, 4) is 0 Å². The highest BCUT2D eigenvalue weighted by atomic mass is 32.1. The summed E-state index contributed by atoms with van der Waals surface area (Å²) in [7, 11) is 0. The second-order valence-electron chi connectivity index (χ2n) is 7.67. The molecule has 4 heterocycles. The highest BCUT2D eigenvalue weighted by Crippen LogP contribution is 2.31. The summed E-state index contributed by atoms with van der Waals surface area (Å²) in [5, 5.41) is 1.28. The first-order chi connectivity index (χ1) is 13.7. The van der Waals surface area contributed by atoms with E-state index in [2.05, 4.69) is 24.3 Å². The highest BCUT2D eigenvalue weighted by Gasteiger charge is 2.26. The van der Waals surface area contributed by atoms with Crippen molar-refractivity contribution in [1.82, 2.24) is 14.4 Å².